The normalized spacial score (nSPS) is 31.1. The Balaban J connectivity index is 1.09. The van der Waals surface area contributed by atoms with Gasteiger partial charge in [0.2, 0.25) is 0 Å². The van der Waals surface area contributed by atoms with Gasteiger partial charge in [0.1, 0.15) is 12.4 Å². The maximum absolute atomic E-state index is 13.0. The number of hydrogen-bond acceptors (Lipinski definition) is 6. The maximum Gasteiger partial charge on any atom is 0.269 e. The van der Waals surface area contributed by atoms with Crippen LogP contribution in [-0.2, 0) is 16.2 Å². The van der Waals surface area contributed by atoms with Crippen LogP contribution in [0, 0.1) is 45.6 Å². The summed E-state index contributed by atoms with van der Waals surface area (Å²) in [6.45, 7) is 0.281. The molecule has 2 aromatic carbocycles. The van der Waals surface area contributed by atoms with E-state index >= 15 is 0 Å². The first kappa shape index (κ1) is 19.8. The molecule has 4 aliphatic carbocycles. The highest BCUT2D eigenvalue weighted by Gasteiger charge is 2.67. The van der Waals surface area contributed by atoms with E-state index in [0.717, 1.165) is 22.6 Å². The third-order valence-corrected chi connectivity index (χ3v) is 7.39. The van der Waals surface area contributed by atoms with Crippen LogP contribution in [0.5, 0.6) is 5.75 Å². The summed E-state index contributed by atoms with van der Waals surface area (Å²) in [5, 5.41) is 16.1. The van der Waals surface area contributed by atoms with Crippen molar-refractivity contribution in [3.8, 4) is 5.75 Å². The van der Waals surface area contributed by atoms with Crippen LogP contribution < -0.4 is 4.74 Å². The van der Waals surface area contributed by atoms with Crippen molar-refractivity contribution in [1.29, 1.82) is 0 Å². The Kier molecular flexibility index (Phi) is 4.43. The number of imide groups is 1. The van der Waals surface area contributed by atoms with Crippen molar-refractivity contribution in [2.75, 3.05) is 0 Å². The number of carbonyl (C=O) groups is 2. The summed E-state index contributed by atoms with van der Waals surface area (Å²) in [4.78, 5) is 36.2. The van der Waals surface area contributed by atoms with Gasteiger partial charge in [0, 0.05) is 12.1 Å². The van der Waals surface area contributed by atoms with Gasteiger partial charge in [0.05, 0.1) is 23.0 Å². The number of nitrogens with zero attached hydrogens (tertiary/aromatic N) is 3. The Bertz CT molecular complexity index is 1170. The maximum atomic E-state index is 13.0. The fourth-order valence-electron chi connectivity index (χ4n) is 5.71. The lowest BCUT2D eigenvalue weighted by atomic mass is 9.63. The van der Waals surface area contributed by atoms with Crippen LogP contribution in [0.3, 0.4) is 0 Å². The third kappa shape index (κ3) is 3.25. The lowest BCUT2D eigenvalue weighted by Crippen LogP contribution is -2.40. The molecule has 0 spiro atoms. The molecule has 0 aromatic heterocycles. The molecule has 8 nitrogen and oxygen atoms in total. The number of ether oxygens (including phenoxy) is 1. The molecule has 0 N–H and O–H groups in total. The van der Waals surface area contributed by atoms with Crippen LogP contribution >= 0.6 is 0 Å². The Hall–Kier alpha value is -3.81. The van der Waals surface area contributed by atoms with E-state index in [-0.39, 0.29) is 47.8 Å². The van der Waals surface area contributed by atoms with Crippen LogP contribution in [0.4, 0.5) is 5.69 Å². The molecule has 1 saturated heterocycles. The summed E-state index contributed by atoms with van der Waals surface area (Å²) in [5.41, 5.74) is 1.61. The second-order valence-corrected chi connectivity index (χ2v) is 9.17. The summed E-state index contributed by atoms with van der Waals surface area (Å²) >= 11 is 0. The van der Waals surface area contributed by atoms with Gasteiger partial charge in [0.25, 0.3) is 17.5 Å². The molecule has 6 atom stereocenters. The van der Waals surface area contributed by atoms with Crippen molar-refractivity contribution in [2.45, 2.75) is 13.0 Å². The van der Waals surface area contributed by atoms with Crippen molar-refractivity contribution in [3.63, 3.8) is 0 Å². The van der Waals surface area contributed by atoms with Crippen molar-refractivity contribution in [1.82, 2.24) is 5.01 Å². The lowest BCUT2D eigenvalue weighted by Gasteiger charge is -2.37. The van der Waals surface area contributed by atoms with Gasteiger partial charge in [-0.15, -0.1) is 0 Å². The topological polar surface area (TPSA) is 102 Å². The predicted octanol–water partition coefficient (Wildman–Crippen LogP) is 3.56. The molecule has 3 fully saturated rings. The molecular formula is C25H21N3O5. The van der Waals surface area contributed by atoms with Gasteiger partial charge in [-0.3, -0.25) is 19.7 Å². The average Bonchev–Trinajstić information content (AvgIpc) is 3.62. The minimum Gasteiger partial charge on any atom is -0.489 e. The van der Waals surface area contributed by atoms with E-state index in [9.17, 15) is 19.7 Å². The van der Waals surface area contributed by atoms with E-state index in [0.29, 0.717) is 17.6 Å². The molecule has 1 aliphatic heterocycles. The molecular weight excluding hydrogens is 422 g/mol. The molecule has 166 valence electrons. The molecule has 0 radical (unpaired) electrons. The summed E-state index contributed by atoms with van der Waals surface area (Å²) in [7, 11) is 0. The quantitative estimate of drug-likeness (QED) is 0.223. The first-order valence-electron chi connectivity index (χ1n) is 11.1. The molecule has 5 aliphatic rings. The second-order valence-electron chi connectivity index (χ2n) is 9.17. The minimum atomic E-state index is -0.439. The van der Waals surface area contributed by atoms with Crippen molar-refractivity contribution in [2.24, 2.45) is 40.6 Å². The molecule has 33 heavy (non-hydrogen) atoms. The van der Waals surface area contributed by atoms with E-state index in [1.54, 1.807) is 36.4 Å². The zero-order chi connectivity index (χ0) is 22.7. The molecule has 0 unspecified atom stereocenters. The van der Waals surface area contributed by atoms with Crippen molar-refractivity contribution in [3.05, 3.63) is 81.9 Å². The predicted molar refractivity (Wildman–Crippen MR) is 118 cm³/mol. The number of nitro groups is 1. The minimum absolute atomic E-state index is 0.0392. The Morgan fingerprint density at radius 3 is 2.15 bits per heavy atom. The SMILES string of the molecule is O=C1[C@@H]2[C@H]3C=C[C@@H]([C@@H]4C[C@@H]34)[C@@H]2C(=O)N1N=Cc1ccc(OCc2ccc([N+](=O)[O-])cc2)cc1. The molecule has 7 rings (SSSR count). The monoisotopic (exact) mass is 443 g/mol. The molecule has 2 amide bonds. The highest BCUT2D eigenvalue weighted by atomic mass is 16.6. The van der Waals surface area contributed by atoms with Crippen LogP contribution in [-0.4, -0.2) is 28.0 Å². The zero-order valence-electron chi connectivity index (χ0n) is 17.6. The van der Waals surface area contributed by atoms with Gasteiger partial charge in [-0.1, -0.05) is 12.2 Å². The third-order valence-electron chi connectivity index (χ3n) is 7.39. The number of hydrazone groups is 1. The van der Waals surface area contributed by atoms with Gasteiger partial charge < -0.3 is 4.74 Å². The first-order chi connectivity index (χ1) is 16.0. The summed E-state index contributed by atoms with van der Waals surface area (Å²) in [5.74, 6) is 1.31. The van der Waals surface area contributed by atoms with Crippen LogP contribution in [0.2, 0.25) is 0 Å². The Morgan fingerprint density at radius 2 is 1.58 bits per heavy atom. The number of benzene rings is 2. The summed E-state index contributed by atoms with van der Waals surface area (Å²) in [6, 6.07) is 13.4. The zero-order valence-corrected chi connectivity index (χ0v) is 17.6. The molecule has 8 heteroatoms. The average molecular weight is 443 g/mol. The second kappa shape index (κ2) is 7.37. The number of carbonyl (C=O) groups excluding carboxylic acids is 2. The van der Waals surface area contributed by atoms with E-state index in [4.69, 9.17) is 4.74 Å². The van der Waals surface area contributed by atoms with E-state index in [1.165, 1.54) is 18.3 Å². The van der Waals surface area contributed by atoms with Gasteiger partial charge in [-0.05, 0) is 77.6 Å². The highest BCUT2D eigenvalue weighted by Crippen LogP contribution is 2.65. The largest absolute Gasteiger partial charge is 0.489 e. The lowest BCUT2D eigenvalue weighted by molar-refractivity contribution is -0.384. The van der Waals surface area contributed by atoms with Gasteiger partial charge in [0.15, 0.2) is 0 Å². The summed E-state index contributed by atoms with van der Waals surface area (Å²) < 4.78 is 5.73. The number of rotatable bonds is 6. The summed E-state index contributed by atoms with van der Waals surface area (Å²) in [6.07, 6.45) is 6.96. The molecule has 2 bridgehead atoms. The highest BCUT2D eigenvalue weighted by molar-refractivity contribution is 6.06. The number of amides is 2. The fourth-order valence-corrected chi connectivity index (χ4v) is 5.71. The Labute approximate surface area is 189 Å². The van der Waals surface area contributed by atoms with Gasteiger partial charge in [-0.25, -0.2) is 0 Å². The van der Waals surface area contributed by atoms with Crippen LogP contribution in [0.25, 0.3) is 0 Å². The van der Waals surface area contributed by atoms with Gasteiger partial charge in [-0.2, -0.15) is 10.1 Å². The molecule has 1 heterocycles. The van der Waals surface area contributed by atoms with Crippen LogP contribution in [0.1, 0.15) is 17.5 Å². The van der Waals surface area contributed by atoms with E-state index in [1.807, 2.05) is 0 Å². The smallest absolute Gasteiger partial charge is 0.269 e. The van der Waals surface area contributed by atoms with E-state index < -0.39 is 4.92 Å². The molecule has 2 saturated carbocycles. The van der Waals surface area contributed by atoms with E-state index in [2.05, 4.69) is 17.3 Å². The van der Waals surface area contributed by atoms with Gasteiger partial charge >= 0.3 is 0 Å². The number of non-ortho nitro benzene ring substituents is 1. The number of hydrogen-bond donors (Lipinski definition) is 0. The Morgan fingerprint density at radius 1 is 0.970 bits per heavy atom. The number of nitro benzene ring substituents is 1. The van der Waals surface area contributed by atoms with Crippen molar-refractivity contribution < 1.29 is 19.2 Å². The standard InChI is InChI=1S/C25H21N3O5/c29-24-22-18-9-10-19(21-11-20(18)21)23(22)25(30)27(24)26-12-14-3-7-17(8-4-14)33-13-15-1-5-16(6-2-15)28(31)32/h1-10,12,18-23H,11,13H2/t18-,19-,20-,21-,22-,23+/m0/s1. The first-order valence-corrected chi connectivity index (χ1v) is 11.1. The van der Waals surface area contributed by atoms with Crippen molar-refractivity contribution >= 4 is 23.7 Å². The molecule has 2 aromatic rings. The fraction of sp³-hybridized carbons (Fsp3) is 0.320. The van der Waals surface area contributed by atoms with Crippen LogP contribution in [0.15, 0.2) is 65.8 Å². The number of allylic oxidation sites excluding steroid dienone is 2.